The van der Waals surface area contributed by atoms with E-state index in [-0.39, 0.29) is 18.0 Å². The van der Waals surface area contributed by atoms with E-state index in [0.29, 0.717) is 32.0 Å². The smallest absolute Gasteiger partial charge is 0.315 e. The maximum atomic E-state index is 11.7. The van der Waals surface area contributed by atoms with E-state index in [0.717, 1.165) is 32.3 Å². The molecular weight excluding hydrogens is 282 g/mol. The highest BCUT2D eigenvalue weighted by molar-refractivity contribution is 5.76. The van der Waals surface area contributed by atoms with Gasteiger partial charge in [-0.2, -0.15) is 0 Å². The van der Waals surface area contributed by atoms with Crippen molar-refractivity contribution in [2.75, 3.05) is 19.7 Å². The molecule has 1 heterocycles. The van der Waals surface area contributed by atoms with Crippen molar-refractivity contribution >= 4 is 11.9 Å². The third-order valence-corrected chi connectivity index (χ3v) is 4.36. The van der Waals surface area contributed by atoms with E-state index in [4.69, 9.17) is 4.74 Å². The van der Waals surface area contributed by atoms with Crippen LogP contribution in [-0.4, -0.2) is 43.8 Å². The van der Waals surface area contributed by atoms with Gasteiger partial charge >= 0.3 is 6.03 Å². The van der Waals surface area contributed by atoms with Crippen LogP contribution in [0.3, 0.4) is 0 Å². The van der Waals surface area contributed by atoms with Gasteiger partial charge < -0.3 is 20.7 Å². The topological polar surface area (TPSA) is 79.5 Å². The predicted octanol–water partition coefficient (Wildman–Crippen LogP) is 1.69. The zero-order valence-electron chi connectivity index (χ0n) is 13.4. The van der Waals surface area contributed by atoms with Crippen LogP contribution in [0, 0.1) is 0 Å². The first kappa shape index (κ1) is 17.1. The summed E-state index contributed by atoms with van der Waals surface area (Å²) in [4.78, 5) is 23.4. The van der Waals surface area contributed by atoms with Gasteiger partial charge in [-0.25, -0.2) is 4.79 Å². The second-order valence-corrected chi connectivity index (χ2v) is 6.28. The lowest BCUT2D eigenvalue weighted by Crippen LogP contribution is -2.43. The zero-order valence-corrected chi connectivity index (χ0v) is 13.4. The maximum Gasteiger partial charge on any atom is 0.315 e. The number of urea groups is 1. The van der Waals surface area contributed by atoms with Gasteiger partial charge in [-0.1, -0.05) is 19.3 Å². The summed E-state index contributed by atoms with van der Waals surface area (Å²) in [5.74, 6) is 0.0324. The van der Waals surface area contributed by atoms with E-state index in [1.165, 1.54) is 19.3 Å². The Labute approximate surface area is 132 Å². The van der Waals surface area contributed by atoms with Crippen molar-refractivity contribution in [3.63, 3.8) is 0 Å². The average molecular weight is 311 g/mol. The molecule has 1 saturated carbocycles. The highest BCUT2D eigenvalue weighted by atomic mass is 16.5. The van der Waals surface area contributed by atoms with Crippen molar-refractivity contribution in [3.8, 4) is 0 Å². The monoisotopic (exact) mass is 311 g/mol. The van der Waals surface area contributed by atoms with Crippen LogP contribution in [0.25, 0.3) is 0 Å². The highest BCUT2D eigenvalue weighted by Crippen LogP contribution is 2.17. The number of carbonyl (C=O) groups excluding carboxylic acids is 2. The summed E-state index contributed by atoms with van der Waals surface area (Å²) in [7, 11) is 0. The van der Waals surface area contributed by atoms with Gasteiger partial charge in [-0.3, -0.25) is 4.79 Å². The molecule has 1 aliphatic carbocycles. The van der Waals surface area contributed by atoms with Crippen molar-refractivity contribution in [2.24, 2.45) is 0 Å². The van der Waals surface area contributed by atoms with Crippen molar-refractivity contribution < 1.29 is 14.3 Å². The second kappa shape index (κ2) is 9.66. The number of carbonyl (C=O) groups is 2. The fourth-order valence-electron chi connectivity index (χ4n) is 3.06. The first-order valence-corrected chi connectivity index (χ1v) is 8.66. The number of ether oxygens (including phenoxy) is 1. The van der Waals surface area contributed by atoms with E-state index < -0.39 is 0 Å². The molecule has 0 aromatic rings. The van der Waals surface area contributed by atoms with Crippen LogP contribution in [0.1, 0.15) is 57.8 Å². The van der Waals surface area contributed by atoms with Gasteiger partial charge in [-0.05, 0) is 32.1 Å². The molecule has 0 aromatic heterocycles. The third kappa shape index (κ3) is 6.64. The highest BCUT2D eigenvalue weighted by Gasteiger charge is 2.16. The summed E-state index contributed by atoms with van der Waals surface area (Å²) in [6.07, 6.45) is 9.25. The fraction of sp³-hybridized carbons (Fsp3) is 0.875. The van der Waals surface area contributed by atoms with E-state index >= 15 is 0 Å². The lowest BCUT2D eigenvalue weighted by Gasteiger charge is -2.22. The van der Waals surface area contributed by atoms with Crippen LogP contribution in [-0.2, 0) is 9.53 Å². The Morgan fingerprint density at radius 3 is 2.55 bits per heavy atom. The van der Waals surface area contributed by atoms with E-state index in [9.17, 15) is 9.59 Å². The number of rotatable bonds is 7. The van der Waals surface area contributed by atoms with Crippen molar-refractivity contribution in [2.45, 2.75) is 69.9 Å². The van der Waals surface area contributed by atoms with Crippen molar-refractivity contribution in [1.29, 1.82) is 0 Å². The predicted molar refractivity (Wildman–Crippen MR) is 84.6 cm³/mol. The van der Waals surface area contributed by atoms with E-state index in [1.807, 2.05) is 0 Å². The third-order valence-electron chi connectivity index (χ3n) is 4.36. The molecule has 0 radical (unpaired) electrons. The molecule has 3 N–H and O–H groups in total. The Morgan fingerprint density at radius 1 is 1.00 bits per heavy atom. The molecule has 1 unspecified atom stereocenters. The molecule has 2 rings (SSSR count). The second-order valence-electron chi connectivity index (χ2n) is 6.28. The molecule has 126 valence electrons. The first-order valence-electron chi connectivity index (χ1n) is 8.66. The zero-order chi connectivity index (χ0) is 15.6. The molecule has 22 heavy (non-hydrogen) atoms. The minimum absolute atomic E-state index is 0.0324. The molecule has 0 bridgehead atoms. The average Bonchev–Trinajstić information content (AvgIpc) is 3.04. The summed E-state index contributed by atoms with van der Waals surface area (Å²) in [6, 6.07) is 0.218. The van der Waals surface area contributed by atoms with Crippen LogP contribution in [0.2, 0.25) is 0 Å². The molecule has 3 amide bonds. The Balaban J connectivity index is 1.45. The van der Waals surface area contributed by atoms with Crippen molar-refractivity contribution in [3.05, 3.63) is 0 Å². The normalized spacial score (nSPS) is 22.3. The van der Waals surface area contributed by atoms with Gasteiger partial charge in [0.05, 0.1) is 6.10 Å². The number of hydrogen-bond donors (Lipinski definition) is 3. The summed E-state index contributed by atoms with van der Waals surface area (Å²) in [6.45, 7) is 1.95. The quantitative estimate of drug-likeness (QED) is 0.626. The van der Waals surface area contributed by atoms with Gasteiger partial charge in [0, 0.05) is 32.2 Å². The lowest BCUT2D eigenvalue weighted by molar-refractivity contribution is -0.121. The molecule has 2 aliphatic rings. The molecule has 6 nitrogen and oxygen atoms in total. The van der Waals surface area contributed by atoms with Gasteiger partial charge in [0.1, 0.15) is 0 Å². The molecule has 0 aromatic carbocycles. The molecular formula is C16H29N3O3. The van der Waals surface area contributed by atoms with Crippen LogP contribution >= 0.6 is 0 Å². The van der Waals surface area contributed by atoms with Crippen LogP contribution in [0.4, 0.5) is 4.79 Å². The van der Waals surface area contributed by atoms with Crippen molar-refractivity contribution in [1.82, 2.24) is 16.0 Å². The molecule has 0 spiro atoms. The summed E-state index contributed by atoms with van der Waals surface area (Å²) >= 11 is 0. The van der Waals surface area contributed by atoms with Gasteiger partial charge in [0.2, 0.25) is 5.91 Å². The lowest BCUT2D eigenvalue weighted by atomic mass is 9.96. The number of hydrogen-bond acceptors (Lipinski definition) is 3. The molecule has 6 heteroatoms. The fourth-order valence-corrected chi connectivity index (χ4v) is 3.06. The molecule has 1 aliphatic heterocycles. The van der Waals surface area contributed by atoms with Crippen LogP contribution in [0.15, 0.2) is 0 Å². The summed E-state index contributed by atoms with van der Waals surface area (Å²) in [5, 5.41) is 8.72. The summed E-state index contributed by atoms with van der Waals surface area (Å²) in [5.41, 5.74) is 0. The number of nitrogens with one attached hydrogen (secondary N) is 3. The Morgan fingerprint density at radius 2 is 1.82 bits per heavy atom. The standard InChI is InChI=1S/C16H29N3O3/c20-15(18-12-14-8-5-11-22-14)9-4-10-17-16(21)19-13-6-2-1-3-7-13/h13-14H,1-12H2,(H,18,20)(H2,17,19,21). The minimum Gasteiger partial charge on any atom is -0.376 e. The summed E-state index contributed by atoms with van der Waals surface area (Å²) < 4.78 is 5.45. The van der Waals surface area contributed by atoms with Gasteiger partial charge in [0.25, 0.3) is 0 Å². The van der Waals surface area contributed by atoms with Crippen LogP contribution in [0.5, 0.6) is 0 Å². The first-order chi connectivity index (χ1) is 10.7. The number of amides is 3. The van der Waals surface area contributed by atoms with Crippen LogP contribution < -0.4 is 16.0 Å². The molecule has 1 atom stereocenters. The Kier molecular flexibility index (Phi) is 7.49. The van der Waals surface area contributed by atoms with Gasteiger partial charge in [-0.15, -0.1) is 0 Å². The molecule has 1 saturated heterocycles. The maximum absolute atomic E-state index is 11.7. The van der Waals surface area contributed by atoms with E-state index in [2.05, 4.69) is 16.0 Å². The Hall–Kier alpha value is -1.30. The SMILES string of the molecule is O=C(CCCNC(=O)NC1CCCCC1)NCC1CCCO1. The largest absolute Gasteiger partial charge is 0.376 e. The van der Waals surface area contributed by atoms with Gasteiger partial charge in [0.15, 0.2) is 0 Å². The Bertz CT molecular complexity index is 351. The van der Waals surface area contributed by atoms with E-state index in [1.54, 1.807) is 0 Å². The molecule has 2 fully saturated rings. The minimum atomic E-state index is -0.105.